The third kappa shape index (κ3) is 1.68. The maximum absolute atomic E-state index is 11.5. The van der Waals surface area contributed by atoms with Gasteiger partial charge in [-0.15, -0.1) is 0 Å². The van der Waals surface area contributed by atoms with Crippen LogP contribution in [0, 0.1) is 0 Å². The molecule has 1 heterocycles. The second-order valence-electron chi connectivity index (χ2n) is 3.91. The lowest BCUT2D eigenvalue weighted by Gasteiger charge is -2.20. The monoisotopic (exact) mass is 183 g/mol. The number of rotatable bonds is 0. The Morgan fingerprint density at radius 1 is 1.31 bits per heavy atom. The fourth-order valence-electron chi connectivity index (χ4n) is 0.940. The first kappa shape index (κ1) is 9.70. The number of hydrogen-bond donors (Lipinski definition) is 0. The van der Waals surface area contributed by atoms with E-state index in [0.29, 0.717) is 0 Å². The van der Waals surface area contributed by atoms with Crippen molar-refractivity contribution in [3.8, 4) is 0 Å². The van der Waals surface area contributed by atoms with Gasteiger partial charge >= 0.3 is 5.69 Å². The lowest BCUT2D eigenvalue weighted by atomic mass is 10.1. The standard InChI is InChI=1S/C8H13N3O2/c1-8(2,3)11-7(13)10(4)6(12)5-9-11/h5H,1-4H3. The van der Waals surface area contributed by atoms with Crippen molar-refractivity contribution in [1.82, 2.24) is 14.3 Å². The van der Waals surface area contributed by atoms with Crippen molar-refractivity contribution in [3.63, 3.8) is 0 Å². The number of nitrogens with zero attached hydrogens (tertiary/aromatic N) is 3. The van der Waals surface area contributed by atoms with Gasteiger partial charge in [0.1, 0.15) is 6.20 Å². The van der Waals surface area contributed by atoms with Crippen molar-refractivity contribution >= 4 is 0 Å². The molecule has 1 aromatic rings. The predicted octanol–water partition coefficient (Wildman–Crippen LogP) is -0.303. The summed E-state index contributed by atoms with van der Waals surface area (Å²) in [5.74, 6) is 0. The summed E-state index contributed by atoms with van der Waals surface area (Å²) in [5, 5.41) is 3.78. The van der Waals surface area contributed by atoms with Crippen molar-refractivity contribution in [3.05, 3.63) is 27.0 Å². The highest BCUT2D eigenvalue weighted by atomic mass is 16.2. The first-order valence-electron chi connectivity index (χ1n) is 4.00. The molecule has 0 saturated heterocycles. The first-order chi connectivity index (χ1) is 5.84. The largest absolute Gasteiger partial charge is 0.347 e. The Hall–Kier alpha value is -1.39. The SMILES string of the molecule is Cn1c(=O)cnn(C(C)(C)C)c1=O. The molecule has 0 spiro atoms. The highest BCUT2D eigenvalue weighted by Crippen LogP contribution is 2.06. The van der Waals surface area contributed by atoms with E-state index in [4.69, 9.17) is 0 Å². The molecule has 5 nitrogen and oxygen atoms in total. The lowest BCUT2D eigenvalue weighted by molar-refractivity contribution is 0.320. The average molecular weight is 183 g/mol. The highest BCUT2D eigenvalue weighted by Gasteiger charge is 2.16. The second kappa shape index (κ2) is 2.83. The fourth-order valence-corrected chi connectivity index (χ4v) is 0.940. The molecule has 1 aromatic heterocycles. The lowest BCUT2D eigenvalue weighted by Crippen LogP contribution is -2.45. The Kier molecular flexibility index (Phi) is 2.11. The highest BCUT2D eigenvalue weighted by molar-refractivity contribution is 4.79. The molecular weight excluding hydrogens is 170 g/mol. The molecule has 5 heteroatoms. The molecule has 0 aromatic carbocycles. The Morgan fingerprint density at radius 3 is 2.31 bits per heavy atom. The number of hydrogen-bond acceptors (Lipinski definition) is 3. The van der Waals surface area contributed by atoms with Crippen LogP contribution in [0.4, 0.5) is 0 Å². The van der Waals surface area contributed by atoms with Crippen molar-refractivity contribution in [2.24, 2.45) is 7.05 Å². The fraction of sp³-hybridized carbons (Fsp3) is 0.625. The van der Waals surface area contributed by atoms with Gasteiger partial charge in [-0.1, -0.05) is 0 Å². The molecule has 0 radical (unpaired) electrons. The minimum Gasteiger partial charge on any atom is -0.267 e. The Morgan fingerprint density at radius 2 is 1.85 bits per heavy atom. The summed E-state index contributed by atoms with van der Waals surface area (Å²) in [6, 6.07) is 0. The summed E-state index contributed by atoms with van der Waals surface area (Å²) in [6.07, 6.45) is 1.15. The summed E-state index contributed by atoms with van der Waals surface area (Å²) in [4.78, 5) is 22.5. The van der Waals surface area contributed by atoms with Crippen molar-refractivity contribution in [1.29, 1.82) is 0 Å². The third-order valence-corrected chi connectivity index (χ3v) is 1.72. The maximum atomic E-state index is 11.5. The van der Waals surface area contributed by atoms with Crippen molar-refractivity contribution < 1.29 is 0 Å². The maximum Gasteiger partial charge on any atom is 0.347 e. The average Bonchev–Trinajstić information content (AvgIpc) is 1.98. The summed E-state index contributed by atoms with van der Waals surface area (Å²) in [7, 11) is 1.44. The van der Waals surface area contributed by atoms with Gasteiger partial charge in [0.25, 0.3) is 5.56 Å². The molecule has 0 saturated carbocycles. The van der Waals surface area contributed by atoms with Gasteiger partial charge in [-0.3, -0.25) is 9.36 Å². The van der Waals surface area contributed by atoms with Crippen LogP contribution >= 0.6 is 0 Å². The normalized spacial score (nSPS) is 11.7. The molecule has 0 unspecified atom stereocenters. The van der Waals surface area contributed by atoms with Gasteiger partial charge in [-0.2, -0.15) is 5.10 Å². The molecule has 0 aliphatic carbocycles. The van der Waals surface area contributed by atoms with Gasteiger partial charge in [0.15, 0.2) is 0 Å². The van der Waals surface area contributed by atoms with E-state index in [1.54, 1.807) is 0 Å². The Balaban J connectivity index is 3.54. The van der Waals surface area contributed by atoms with Crippen LogP contribution in [-0.2, 0) is 12.6 Å². The van der Waals surface area contributed by atoms with Crippen LogP contribution in [0.25, 0.3) is 0 Å². The van der Waals surface area contributed by atoms with E-state index in [9.17, 15) is 9.59 Å². The van der Waals surface area contributed by atoms with Crippen LogP contribution in [0.5, 0.6) is 0 Å². The molecule has 13 heavy (non-hydrogen) atoms. The van der Waals surface area contributed by atoms with Gasteiger partial charge < -0.3 is 0 Å². The van der Waals surface area contributed by atoms with E-state index in [1.165, 1.54) is 11.7 Å². The Bertz CT molecular complexity index is 422. The van der Waals surface area contributed by atoms with E-state index in [1.807, 2.05) is 20.8 Å². The summed E-state index contributed by atoms with van der Waals surface area (Å²) < 4.78 is 2.33. The van der Waals surface area contributed by atoms with E-state index in [-0.39, 0.29) is 11.2 Å². The quantitative estimate of drug-likeness (QED) is 0.554. The molecular formula is C8H13N3O2. The molecule has 0 atom stereocenters. The molecule has 0 fully saturated rings. The predicted molar refractivity (Wildman–Crippen MR) is 48.7 cm³/mol. The molecule has 0 aliphatic heterocycles. The van der Waals surface area contributed by atoms with Gasteiger partial charge in [-0.05, 0) is 20.8 Å². The molecule has 0 aliphatic rings. The summed E-state index contributed by atoms with van der Waals surface area (Å²) in [5.41, 5.74) is -1.17. The van der Waals surface area contributed by atoms with Gasteiger partial charge in [0.05, 0.1) is 5.54 Å². The van der Waals surface area contributed by atoms with Gasteiger partial charge in [0, 0.05) is 7.05 Å². The summed E-state index contributed by atoms with van der Waals surface area (Å²) in [6.45, 7) is 5.56. The van der Waals surface area contributed by atoms with Crippen LogP contribution in [0.15, 0.2) is 15.8 Å². The zero-order valence-corrected chi connectivity index (χ0v) is 8.24. The molecule has 0 N–H and O–H groups in total. The zero-order chi connectivity index (χ0) is 10.2. The van der Waals surface area contributed by atoms with Crippen LogP contribution < -0.4 is 11.2 Å². The third-order valence-electron chi connectivity index (χ3n) is 1.72. The van der Waals surface area contributed by atoms with Crippen LogP contribution in [0.1, 0.15) is 20.8 Å². The van der Waals surface area contributed by atoms with Crippen LogP contribution in [0.2, 0.25) is 0 Å². The minimum atomic E-state index is -0.400. The first-order valence-corrected chi connectivity index (χ1v) is 4.00. The van der Waals surface area contributed by atoms with Gasteiger partial charge in [0.2, 0.25) is 0 Å². The van der Waals surface area contributed by atoms with E-state index < -0.39 is 5.54 Å². The second-order valence-corrected chi connectivity index (χ2v) is 3.91. The molecule has 72 valence electrons. The smallest absolute Gasteiger partial charge is 0.267 e. The van der Waals surface area contributed by atoms with E-state index in [0.717, 1.165) is 10.8 Å². The van der Waals surface area contributed by atoms with E-state index in [2.05, 4.69) is 5.10 Å². The molecule has 1 rings (SSSR count). The zero-order valence-electron chi connectivity index (χ0n) is 8.24. The van der Waals surface area contributed by atoms with Crippen molar-refractivity contribution in [2.45, 2.75) is 26.3 Å². The van der Waals surface area contributed by atoms with E-state index >= 15 is 0 Å². The molecule has 0 bridgehead atoms. The van der Waals surface area contributed by atoms with Crippen LogP contribution in [0.3, 0.4) is 0 Å². The Labute approximate surface area is 75.6 Å². The summed E-state index contributed by atoms with van der Waals surface area (Å²) >= 11 is 0. The minimum absolute atomic E-state index is 0.384. The van der Waals surface area contributed by atoms with Crippen molar-refractivity contribution in [2.75, 3.05) is 0 Å². The number of aromatic nitrogens is 3. The molecule has 0 amide bonds. The van der Waals surface area contributed by atoms with Gasteiger partial charge in [-0.25, -0.2) is 9.48 Å². The van der Waals surface area contributed by atoms with Crippen LogP contribution in [-0.4, -0.2) is 14.3 Å². The topological polar surface area (TPSA) is 56.9 Å².